The van der Waals surface area contributed by atoms with Gasteiger partial charge in [-0.1, -0.05) is 36.4 Å². The average Bonchev–Trinajstić information content (AvgIpc) is 3.37. The van der Waals surface area contributed by atoms with E-state index in [0.717, 1.165) is 17.0 Å². The number of methoxy groups -OCH3 is 1. The standard InChI is InChI=1S/C25H29N3O4S2/c1-32-23-11-9-22(10-12-23)27(18-24-8-5-17-33-24)19-25(29)26-13-15-28(16-14-26)34(30,31)20-21-6-3-2-4-7-21/h2-12,17H,13-16,18-20H2,1H3. The van der Waals surface area contributed by atoms with Gasteiger partial charge in [-0.3, -0.25) is 4.79 Å². The number of rotatable bonds is 9. The summed E-state index contributed by atoms with van der Waals surface area (Å²) in [7, 11) is -1.79. The van der Waals surface area contributed by atoms with Gasteiger partial charge in [0.2, 0.25) is 15.9 Å². The topological polar surface area (TPSA) is 70.2 Å². The van der Waals surface area contributed by atoms with E-state index in [9.17, 15) is 13.2 Å². The van der Waals surface area contributed by atoms with Crippen LogP contribution >= 0.6 is 11.3 Å². The van der Waals surface area contributed by atoms with E-state index < -0.39 is 10.0 Å². The first-order valence-electron chi connectivity index (χ1n) is 11.2. The van der Waals surface area contributed by atoms with Crippen molar-refractivity contribution in [3.05, 3.63) is 82.6 Å². The molecule has 1 aromatic heterocycles. The Hall–Kier alpha value is -2.88. The first-order chi connectivity index (χ1) is 16.4. The van der Waals surface area contributed by atoms with Crippen molar-refractivity contribution >= 4 is 33.0 Å². The summed E-state index contributed by atoms with van der Waals surface area (Å²) in [6, 6.07) is 20.9. The van der Waals surface area contributed by atoms with Crippen molar-refractivity contribution in [1.29, 1.82) is 0 Å². The predicted octanol–water partition coefficient (Wildman–Crippen LogP) is 3.44. The van der Waals surface area contributed by atoms with Gasteiger partial charge in [0.05, 0.1) is 26.0 Å². The fourth-order valence-corrected chi connectivity index (χ4v) is 6.21. The van der Waals surface area contributed by atoms with Gasteiger partial charge in [0.1, 0.15) is 5.75 Å². The molecule has 0 N–H and O–H groups in total. The van der Waals surface area contributed by atoms with Gasteiger partial charge in [-0.05, 0) is 41.3 Å². The van der Waals surface area contributed by atoms with Crippen molar-refractivity contribution in [2.24, 2.45) is 0 Å². The van der Waals surface area contributed by atoms with E-state index in [4.69, 9.17) is 4.74 Å². The third-order valence-corrected chi connectivity index (χ3v) is 8.58. The summed E-state index contributed by atoms with van der Waals surface area (Å²) < 4.78 is 32.4. The number of piperazine rings is 1. The first kappa shape index (κ1) is 24.3. The molecular weight excluding hydrogens is 470 g/mol. The monoisotopic (exact) mass is 499 g/mol. The summed E-state index contributed by atoms with van der Waals surface area (Å²) in [5, 5.41) is 2.03. The number of nitrogens with zero attached hydrogens (tertiary/aromatic N) is 3. The quantitative estimate of drug-likeness (QED) is 0.451. The molecule has 1 fully saturated rings. The highest BCUT2D eigenvalue weighted by atomic mass is 32.2. The molecule has 0 radical (unpaired) electrons. The lowest BCUT2D eigenvalue weighted by atomic mass is 10.2. The zero-order chi connectivity index (χ0) is 24.0. The number of benzene rings is 2. The van der Waals surface area contributed by atoms with E-state index in [1.165, 1.54) is 9.18 Å². The molecule has 1 amide bonds. The largest absolute Gasteiger partial charge is 0.497 e. The summed E-state index contributed by atoms with van der Waals surface area (Å²) in [5.74, 6) is 0.736. The number of amides is 1. The van der Waals surface area contributed by atoms with E-state index in [1.54, 1.807) is 23.3 Å². The minimum absolute atomic E-state index is 0.00696. The number of carbonyl (C=O) groups is 1. The lowest BCUT2D eigenvalue weighted by Gasteiger charge is -2.35. The Morgan fingerprint density at radius 2 is 1.68 bits per heavy atom. The number of anilines is 1. The summed E-state index contributed by atoms with van der Waals surface area (Å²) >= 11 is 1.66. The number of hydrogen-bond acceptors (Lipinski definition) is 6. The molecule has 7 nitrogen and oxygen atoms in total. The van der Waals surface area contributed by atoms with Crippen LogP contribution in [0, 0.1) is 0 Å². The Bertz CT molecular complexity index is 1160. The van der Waals surface area contributed by atoms with Gasteiger partial charge < -0.3 is 14.5 Å². The van der Waals surface area contributed by atoms with Crippen molar-refractivity contribution < 1.29 is 17.9 Å². The summed E-state index contributed by atoms with van der Waals surface area (Å²) in [6.45, 7) is 2.26. The van der Waals surface area contributed by atoms with Crippen LogP contribution in [-0.4, -0.2) is 63.4 Å². The summed E-state index contributed by atoms with van der Waals surface area (Å²) in [5.41, 5.74) is 1.70. The molecule has 180 valence electrons. The van der Waals surface area contributed by atoms with Crippen LogP contribution in [0.15, 0.2) is 72.1 Å². The Kier molecular flexibility index (Phi) is 7.87. The van der Waals surface area contributed by atoms with Gasteiger partial charge in [-0.15, -0.1) is 11.3 Å². The number of hydrogen-bond donors (Lipinski definition) is 0. The van der Waals surface area contributed by atoms with Crippen molar-refractivity contribution in [3.63, 3.8) is 0 Å². The van der Waals surface area contributed by atoms with Crippen molar-refractivity contribution in [2.45, 2.75) is 12.3 Å². The van der Waals surface area contributed by atoms with Crippen LogP contribution in [0.1, 0.15) is 10.4 Å². The van der Waals surface area contributed by atoms with E-state index in [0.29, 0.717) is 32.7 Å². The molecule has 0 saturated carbocycles. The second-order valence-corrected chi connectivity index (χ2v) is 11.2. The first-order valence-corrected chi connectivity index (χ1v) is 13.6. The molecule has 0 atom stereocenters. The number of ether oxygens (including phenoxy) is 1. The zero-order valence-corrected chi connectivity index (χ0v) is 20.8. The molecule has 0 aliphatic carbocycles. The Labute approximate surface area is 205 Å². The fourth-order valence-electron chi connectivity index (χ4n) is 3.98. The molecular formula is C25H29N3O4S2. The fraction of sp³-hybridized carbons (Fsp3) is 0.320. The Morgan fingerprint density at radius 1 is 0.971 bits per heavy atom. The predicted molar refractivity (Wildman–Crippen MR) is 136 cm³/mol. The van der Waals surface area contributed by atoms with E-state index in [2.05, 4.69) is 6.07 Å². The highest BCUT2D eigenvalue weighted by Gasteiger charge is 2.29. The maximum absolute atomic E-state index is 13.2. The molecule has 1 aliphatic rings. The third kappa shape index (κ3) is 6.16. The van der Waals surface area contributed by atoms with Gasteiger partial charge in [0.25, 0.3) is 0 Å². The van der Waals surface area contributed by atoms with E-state index in [1.807, 2.05) is 70.9 Å². The molecule has 0 bridgehead atoms. The number of sulfonamides is 1. The minimum Gasteiger partial charge on any atom is -0.497 e. The molecule has 3 aromatic rings. The number of carbonyl (C=O) groups excluding carboxylic acids is 1. The molecule has 1 aliphatic heterocycles. The van der Waals surface area contributed by atoms with Crippen molar-refractivity contribution in [2.75, 3.05) is 44.7 Å². The zero-order valence-electron chi connectivity index (χ0n) is 19.2. The second-order valence-electron chi connectivity index (χ2n) is 8.16. The smallest absolute Gasteiger partial charge is 0.242 e. The molecule has 2 aromatic carbocycles. The highest BCUT2D eigenvalue weighted by Crippen LogP contribution is 2.23. The normalized spacial score (nSPS) is 14.7. The molecule has 1 saturated heterocycles. The maximum atomic E-state index is 13.2. The lowest BCUT2D eigenvalue weighted by molar-refractivity contribution is -0.130. The lowest BCUT2D eigenvalue weighted by Crippen LogP contribution is -2.52. The van der Waals surface area contributed by atoms with Crippen molar-refractivity contribution in [1.82, 2.24) is 9.21 Å². The molecule has 9 heteroatoms. The van der Waals surface area contributed by atoms with Crippen LogP contribution in [0.2, 0.25) is 0 Å². The van der Waals surface area contributed by atoms with Crippen LogP contribution in [0.5, 0.6) is 5.75 Å². The van der Waals surface area contributed by atoms with Gasteiger partial charge >= 0.3 is 0 Å². The van der Waals surface area contributed by atoms with Gasteiger partial charge in [-0.25, -0.2) is 8.42 Å². The van der Waals surface area contributed by atoms with E-state index >= 15 is 0 Å². The highest BCUT2D eigenvalue weighted by molar-refractivity contribution is 7.88. The van der Waals surface area contributed by atoms with E-state index in [-0.39, 0.29) is 18.2 Å². The third-order valence-electron chi connectivity index (χ3n) is 5.87. The van der Waals surface area contributed by atoms with Crippen LogP contribution in [-0.2, 0) is 27.1 Å². The van der Waals surface area contributed by atoms with Crippen LogP contribution in [0.3, 0.4) is 0 Å². The SMILES string of the molecule is COc1ccc(N(CC(=O)N2CCN(S(=O)(=O)Cc3ccccc3)CC2)Cc2cccs2)cc1. The molecule has 0 spiro atoms. The summed E-state index contributed by atoms with van der Waals surface area (Å²) in [4.78, 5) is 18.2. The molecule has 4 rings (SSSR count). The number of thiophene rings is 1. The average molecular weight is 500 g/mol. The second kappa shape index (κ2) is 11.0. The van der Waals surface area contributed by atoms with Gasteiger partial charge in [-0.2, -0.15) is 4.31 Å². The summed E-state index contributed by atoms with van der Waals surface area (Å²) in [6.07, 6.45) is 0. The van der Waals surface area contributed by atoms with Crippen LogP contribution < -0.4 is 9.64 Å². The Balaban J connectivity index is 1.38. The van der Waals surface area contributed by atoms with Gasteiger partial charge in [0, 0.05) is 36.7 Å². The molecule has 2 heterocycles. The molecule has 0 unspecified atom stereocenters. The maximum Gasteiger partial charge on any atom is 0.242 e. The minimum atomic E-state index is -3.42. The molecule has 34 heavy (non-hydrogen) atoms. The van der Waals surface area contributed by atoms with Gasteiger partial charge in [0.15, 0.2) is 0 Å². The van der Waals surface area contributed by atoms with Crippen LogP contribution in [0.4, 0.5) is 5.69 Å². The van der Waals surface area contributed by atoms with Crippen molar-refractivity contribution in [3.8, 4) is 5.75 Å². The van der Waals surface area contributed by atoms with Crippen LogP contribution in [0.25, 0.3) is 0 Å². The Morgan fingerprint density at radius 3 is 2.29 bits per heavy atom.